The zero-order valence-electron chi connectivity index (χ0n) is 15.1. The highest BCUT2D eigenvalue weighted by molar-refractivity contribution is 7.91. The third-order valence-corrected chi connectivity index (χ3v) is 6.01. The van der Waals surface area contributed by atoms with E-state index in [2.05, 4.69) is 5.32 Å². The van der Waals surface area contributed by atoms with E-state index in [4.69, 9.17) is 16.3 Å². The highest BCUT2D eigenvalue weighted by atomic mass is 35.5. The van der Waals surface area contributed by atoms with E-state index in [0.717, 1.165) is 5.75 Å². The van der Waals surface area contributed by atoms with Crippen molar-refractivity contribution in [1.82, 2.24) is 0 Å². The summed E-state index contributed by atoms with van der Waals surface area (Å²) < 4.78 is 30.7. The van der Waals surface area contributed by atoms with Crippen LogP contribution in [0, 0.1) is 0 Å². The second-order valence-corrected chi connectivity index (χ2v) is 8.28. The van der Waals surface area contributed by atoms with Gasteiger partial charge in [0, 0.05) is 16.3 Å². The molecule has 0 aliphatic carbocycles. The van der Waals surface area contributed by atoms with Crippen molar-refractivity contribution < 1.29 is 17.9 Å². The lowest BCUT2D eigenvalue weighted by Crippen LogP contribution is -2.12. The van der Waals surface area contributed by atoms with Crippen molar-refractivity contribution >= 4 is 33.0 Å². The minimum Gasteiger partial charge on any atom is -0.494 e. The highest BCUT2D eigenvalue weighted by Crippen LogP contribution is 2.23. The standard InChI is InChI=1S/C21H18ClNO4S/c1-2-27-18-9-7-17(8-10-18)23-21(24)15-3-11-19(12-4-15)28(25,26)20-13-5-16(22)6-14-20/h3-14H,2H2,1H3,(H,23,24). The minimum atomic E-state index is -3.67. The van der Waals surface area contributed by atoms with E-state index in [1.165, 1.54) is 48.5 Å². The van der Waals surface area contributed by atoms with Crippen LogP contribution in [0.3, 0.4) is 0 Å². The SMILES string of the molecule is CCOc1ccc(NC(=O)c2ccc(S(=O)(=O)c3ccc(Cl)cc3)cc2)cc1. The summed E-state index contributed by atoms with van der Waals surface area (Å²) in [4.78, 5) is 12.6. The molecule has 0 radical (unpaired) electrons. The average Bonchev–Trinajstić information content (AvgIpc) is 2.70. The number of carbonyl (C=O) groups is 1. The minimum absolute atomic E-state index is 0.104. The molecule has 0 unspecified atom stereocenters. The second-order valence-electron chi connectivity index (χ2n) is 5.89. The molecule has 0 fully saturated rings. The van der Waals surface area contributed by atoms with Crippen molar-refractivity contribution in [2.24, 2.45) is 0 Å². The molecule has 0 aromatic heterocycles. The molecule has 0 saturated heterocycles. The molecule has 0 aliphatic heterocycles. The topological polar surface area (TPSA) is 72.5 Å². The smallest absolute Gasteiger partial charge is 0.255 e. The van der Waals surface area contributed by atoms with Crippen molar-refractivity contribution in [2.45, 2.75) is 16.7 Å². The van der Waals surface area contributed by atoms with E-state index in [-0.39, 0.29) is 15.7 Å². The Morgan fingerprint density at radius 1 is 0.893 bits per heavy atom. The number of sulfone groups is 1. The van der Waals surface area contributed by atoms with Gasteiger partial charge >= 0.3 is 0 Å². The molecule has 5 nitrogen and oxygen atoms in total. The Hall–Kier alpha value is -2.83. The maximum atomic E-state index is 12.6. The largest absolute Gasteiger partial charge is 0.494 e. The van der Waals surface area contributed by atoms with E-state index in [1.54, 1.807) is 24.3 Å². The third kappa shape index (κ3) is 4.52. The molecule has 0 saturated carbocycles. The molecular formula is C21H18ClNO4S. The van der Waals surface area contributed by atoms with Crippen LogP contribution in [0.5, 0.6) is 5.75 Å². The number of hydrogen-bond acceptors (Lipinski definition) is 4. The molecule has 0 atom stereocenters. The molecule has 3 rings (SSSR count). The Morgan fingerprint density at radius 2 is 1.43 bits per heavy atom. The van der Waals surface area contributed by atoms with Crippen molar-refractivity contribution in [3.8, 4) is 5.75 Å². The van der Waals surface area contributed by atoms with Crippen LogP contribution in [0.1, 0.15) is 17.3 Å². The fraction of sp³-hybridized carbons (Fsp3) is 0.0952. The van der Waals surface area contributed by atoms with E-state index in [0.29, 0.717) is 22.9 Å². The molecule has 1 N–H and O–H groups in total. The summed E-state index contributed by atoms with van der Waals surface area (Å²) in [5, 5.41) is 3.22. The third-order valence-electron chi connectivity index (χ3n) is 3.97. The predicted molar refractivity (Wildman–Crippen MR) is 109 cm³/mol. The van der Waals surface area contributed by atoms with E-state index in [1.807, 2.05) is 6.92 Å². The summed E-state index contributed by atoms with van der Waals surface area (Å²) in [7, 11) is -3.67. The molecule has 3 aromatic carbocycles. The number of halogens is 1. The van der Waals surface area contributed by atoms with Crippen LogP contribution in [0.25, 0.3) is 0 Å². The van der Waals surface area contributed by atoms with Gasteiger partial charge in [-0.2, -0.15) is 0 Å². The lowest BCUT2D eigenvalue weighted by atomic mass is 10.2. The van der Waals surface area contributed by atoms with E-state index >= 15 is 0 Å². The number of hydrogen-bond donors (Lipinski definition) is 1. The monoisotopic (exact) mass is 415 g/mol. The van der Waals surface area contributed by atoms with Gasteiger partial charge in [0.25, 0.3) is 5.91 Å². The van der Waals surface area contributed by atoms with Gasteiger partial charge < -0.3 is 10.1 Å². The van der Waals surface area contributed by atoms with Crippen molar-refractivity contribution in [2.75, 3.05) is 11.9 Å². The van der Waals surface area contributed by atoms with Gasteiger partial charge in [-0.15, -0.1) is 0 Å². The van der Waals surface area contributed by atoms with Crippen LogP contribution >= 0.6 is 11.6 Å². The Labute approximate surface area is 168 Å². The van der Waals surface area contributed by atoms with Crippen molar-refractivity contribution in [1.29, 1.82) is 0 Å². The van der Waals surface area contributed by atoms with Gasteiger partial charge in [0.2, 0.25) is 9.84 Å². The van der Waals surface area contributed by atoms with E-state index < -0.39 is 9.84 Å². The first-order chi connectivity index (χ1) is 13.4. The molecule has 3 aromatic rings. The summed E-state index contributed by atoms with van der Waals surface area (Å²) in [6, 6.07) is 18.7. The zero-order chi connectivity index (χ0) is 20.1. The lowest BCUT2D eigenvalue weighted by molar-refractivity contribution is 0.102. The Balaban J connectivity index is 1.74. The molecule has 0 aliphatic rings. The van der Waals surface area contributed by atoms with Crippen molar-refractivity contribution in [3.63, 3.8) is 0 Å². The van der Waals surface area contributed by atoms with Gasteiger partial charge in [0.15, 0.2) is 0 Å². The molecule has 1 amide bonds. The first-order valence-electron chi connectivity index (χ1n) is 8.55. The first-order valence-corrected chi connectivity index (χ1v) is 10.4. The number of anilines is 1. The summed E-state index contributed by atoms with van der Waals surface area (Å²) in [6.45, 7) is 2.46. The van der Waals surface area contributed by atoms with Gasteiger partial charge in [-0.05, 0) is 79.7 Å². The molecule has 7 heteroatoms. The van der Waals surface area contributed by atoms with Crippen LogP contribution in [-0.4, -0.2) is 20.9 Å². The molecule has 0 heterocycles. The van der Waals surface area contributed by atoms with Crippen LogP contribution in [-0.2, 0) is 9.84 Å². The van der Waals surface area contributed by atoms with Gasteiger partial charge in [-0.3, -0.25) is 4.79 Å². The maximum Gasteiger partial charge on any atom is 0.255 e. The number of nitrogens with one attached hydrogen (secondary N) is 1. The normalized spacial score (nSPS) is 11.1. The quantitative estimate of drug-likeness (QED) is 0.626. The summed E-state index contributed by atoms with van der Waals surface area (Å²) in [5.74, 6) is 0.386. The van der Waals surface area contributed by atoms with Gasteiger partial charge in [-0.1, -0.05) is 11.6 Å². The lowest BCUT2D eigenvalue weighted by Gasteiger charge is -2.08. The Morgan fingerprint density at radius 3 is 1.96 bits per heavy atom. The van der Waals surface area contributed by atoms with Gasteiger partial charge in [0.1, 0.15) is 5.75 Å². The molecule has 0 spiro atoms. The van der Waals surface area contributed by atoms with Crippen LogP contribution in [0.2, 0.25) is 5.02 Å². The second kappa shape index (κ2) is 8.46. The van der Waals surface area contributed by atoms with Gasteiger partial charge in [-0.25, -0.2) is 8.42 Å². The van der Waals surface area contributed by atoms with Crippen molar-refractivity contribution in [3.05, 3.63) is 83.4 Å². The number of benzene rings is 3. The predicted octanol–water partition coefficient (Wildman–Crippen LogP) is 4.82. The highest BCUT2D eigenvalue weighted by Gasteiger charge is 2.18. The van der Waals surface area contributed by atoms with E-state index in [9.17, 15) is 13.2 Å². The molecule has 144 valence electrons. The van der Waals surface area contributed by atoms with Gasteiger partial charge in [0.05, 0.1) is 16.4 Å². The number of amides is 1. The number of ether oxygens (including phenoxy) is 1. The van der Waals surface area contributed by atoms with Crippen LogP contribution < -0.4 is 10.1 Å². The summed E-state index contributed by atoms with van der Waals surface area (Å²) in [6.07, 6.45) is 0. The Bertz CT molecular complexity index is 1060. The zero-order valence-corrected chi connectivity index (χ0v) is 16.6. The maximum absolute atomic E-state index is 12.6. The fourth-order valence-electron chi connectivity index (χ4n) is 2.54. The average molecular weight is 416 g/mol. The molecule has 28 heavy (non-hydrogen) atoms. The summed E-state index contributed by atoms with van der Waals surface area (Å²) in [5.41, 5.74) is 0.968. The Kier molecular flexibility index (Phi) is 6.02. The molecular weight excluding hydrogens is 398 g/mol. The van der Waals surface area contributed by atoms with Crippen LogP contribution in [0.4, 0.5) is 5.69 Å². The fourth-order valence-corrected chi connectivity index (χ4v) is 3.93. The summed E-state index contributed by atoms with van der Waals surface area (Å²) >= 11 is 5.81. The molecule has 0 bridgehead atoms. The van der Waals surface area contributed by atoms with Crippen LogP contribution in [0.15, 0.2) is 82.6 Å². The first kappa shape index (κ1) is 19.9. The number of carbonyl (C=O) groups excluding carboxylic acids is 1. The number of rotatable bonds is 6.